The van der Waals surface area contributed by atoms with Gasteiger partial charge in [-0.2, -0.15) is 11.8 Å². The summed E-state index contributed by atoms with van der Waals surface area (Å²) in [5, 5.41) is 2.64. The van der Waals surface area contributed by atoms with E-state index in [9.17, 15) is 14.4 Å². The van der Waals surface area contributed by atoms with Crippen LogP contribution in [0.15, 0.2) is 30.3 Å². The first kappa shape index (κ1) is 18.0. The number of esters is 2. The number of rotatable bonds is 8. The van der Waals surface area contributed by atoms with E-state index in [1.165, 1.54) is 26.0 Å². The number of benzene rings is 1. The van der Waals surface area contributed by atoms with Crippen molar-refractivity contribution in [1.29, 1.82) is 0 Å². The summed E-state index contributed by atoms with van der Waals surface area (Å²) in [5.41, 5.74) is 0.471. The summed E-state index contributed by atoms with van der Waals surface area (Å²) < 4.78 is 9.22. The van der Waals surface area contributed by atoms with E-state index in [0.29, 0.717) is 17.7 Å². The van der Waals surface area contributed by atoms with Gasteiger partial charge in [0.1, 0.15) is 6.04 Å². The molecule has 22 heavy (non-hydrogen) atoms. The number of carbonyl (C=O) groups is 3. The van der Waals surface area contributed by atoms with Crippen LogP contribution in [0.25, 0.3) is 0 Å². The van der Waals surface area contributed by atoms with E-state index in [4.69, 9.17) is 4.74 Å². The van der Waals surface area contributed by atoms with Crippen molar-refractivity contribution in [2.45, 2.75) is 12.5 Å². The van der Waals surface area contributed by atoms with Crippen LogP contribution in [0.3, 0.4) is 0 Å². The summed E-state index contributed by atoms with van der Waals surface area (Å²) in [4.78, 5) is 34.8. The molecule has 0 radical (unpaired) electrons. The summed E-state index contributed by atoms with van der Waals surface area (Å²) in [6, 6.07) is 7.87. The molecule has 0 fully saturated rings. The molecule has 0 spiro atoms. The molecule has 1 unspecified atom stereocenters. The maximum absolute atomic E-state index is 12.1. The molecule has 1 N–H and O–H groups in total. The van der Waals surface area contributed by atoms with Crippen LogP contribution in [-0.4, -0.2) is 49.6 Å². The number of thioether (sulfide) groups is 1. The van der Waals surface area contributed by atoms with Gasteiger partial charge in [0.2, 0.25) is 0 Å². The maximum Gasteiger partial charge on any atom is 0.328 e. The molecule has 1 aromatic carbocycles. The van der Waals surface area contributed by atoms with E-state index < -0.39 is 12.0 Å². The maximum atomic E-state index is 12.1. The first-order valence-corrected chi connectivity index (χ1v) is 7.82. The Morgan fingerprint density at radius 3 is 2.41 bits per heavy atom. The summed E-state index contributed by atoms with van der Waals surface area (Å²) in [6.45, 7) is 0. The van der Waals surface area contributed by atoms with E-state index in [0.717, 1.165) is 0 Å². The van der Waals surface area contributed by atoms with Gasteiger partial charge in [-0.15, -0.1) is 0 Å². The van der Waals surface area contributed by atoms with Gasteiger partial charge in [-0.25, -0.2) is 4.79 Å². The number of nitrogens with one attached hydrogen (secondary N) is 1. The zero-order valence-corrected chi connectivity index (χ0v) is 13.4. The van der Waals surface area contributed by atoms with Crippen LogP contribution in [0.4, 0.5) is 0 Å². The zero-order valence-electron chi connectivity index (χ0n) is 12.5. The molecule has 0 aliphatic rings. The van der Waals surface area contributed by atoms with Gasteiger partial charge in [-0.3, -0.25) is 9.59 Å². The van der Waals surface area contributed by atoms with Crippen molar-refractivity contribution in [3.63, 3.8) is 0 Å². The van der Waals surface area contributed by atoms with Crippen LogP contribution >= 0.6 is 11.8 Å². The number of methoxy groups -OCH3 is 2. The van der Waals surface area contributed by atoms with E-state index in [1.807, 2.05) is 0 Å². The lowest BCUT2D eigenvalue weighted by atomic mass is 10.1. The fraction of sp³-hybridized carbons (Fsp3) is 0.400. The fourth-order valence-corrected chi connectivity index (χ4v) is 2.47. The summed E-state index contributed by atoms with van der Waals surface area (Å²) in [5.74, 6) is -0.453. The first-order valence-electron chi connectivity index (χ1n) is 6.66. The molecule has 1 aromatic rings. The van der Waals surface area contributed by atoms with Gasteiger partial charge < -0.3 is 14.8 Å². The molecule has 0 bridgehead atoms. The first-order chi connectivity index (χ1) is 10.6. The van der Waals surface area contributed by atoms with Crippen LogP contribution in [0, 0.1) is 0 Å². The molecule has 1 rings (SSSR count). The smallest absolute Gasteiger partial charge is 0.328 e. The second-order valence-corrected chi connectivity index (χ2v) is 5.44. The van der Waals surface area contributed by atoms with Crippen LogP contribution < -0.4 is 5.32 Å². The van der Waals surface area contributed by atoms with Gasteiger partial charge in [-0.1, -0.05) is 18.2 Å². The monoisotopic (exact) mass is 325 g/mol. The van der Waals surface area contributed by atoms with E-state index in [-0.39, 0.29) is 17.6 Å². The summed E-state index contributed by atoms with van der Waals surface area (Å²) >= 11 is 1.33. The molecule has 0 saturated heterocycles. The molecule has 0 saturated carbocycles. The van der Waals surface area contributed by atoms with Crippen LogP contribution in [-0.2, 0) is 19.1 Å². The molecule has 0 aliphatic carbocycles. The standard InChI is InChI=1S/C15H19NO5S/c1-20-13(17)10-22-9-8-12(15(19)21-2)16-14(18)11-6-4-3-5-7-11/h3-7,12H,8-10H2,1-2H3,(H,16,18). The Hall–Kier alpha value is -2.02. The van der Waals surface area contributed by atoms with Crippen molar-refractivity contribution < 1.29 is 23.9 Å². The lowest BCUT2D eigenvalue weighted by Crippen LogP contribution is -2.42. The number of hydrogen-bond acceptors (Lipinski definition) is 6. The predicted molar refractivity (Wildman–Crippen MR) is 83.7 cm³/mol. The molecule has 0 heterocycles. The molecule has 6 nitrogen and oxygen atoms in total. The van der Waals surface area contributed by atoms with Crippen molar-refractivity contribution >= 4 is 29.6 Å². The van der Waals surface area contributed by atoms with Crippen LogP contribution in [0.1, 0.15) is 16.8 Å². The van der Waals surface area contributed by atoms with Gasteiger partial charge in [0, 0.05) is 5.56 Å². The van der Waals surface area contributed by atoms with Crippen molar-refractivity contribution in [3.05, 3.63) is 35.9 Å². The van der Waals surface area contributed by atoms with Gasteiger partial charge in [0.25, 0.3) is 5.91 Å². The highest BCUT2D eigenvalue weighted by Crippen LogP contribution is 2.08. The normalized spacial score (nSPS) is 11.4. The average molecular weight is 325 g/mol. The van der Waals surface area contributed by atoms with Crippen molar-refractivity contribution in [2.24, 2.45) is 0 Å². The minimum Gasteiger partial charge on any atom is -0.468 e. The molecular weight excluding hydrogens is 306 g/mol. The van der Waals surface area contributed by atoms with E-state index >= 15 is 0 Å². The lowest BCUT2D eigenvalue weighted by Gasteiger charge is -2.16. The molecule has 7 heteroatoms. The number of amides is 1. The van der Waals surface area contributed by atoms with Crippen molar-refractivity contribution in [3.8, 4) is 0 Å². The second-order valence-electron chi connectivity index (χ2n) is 4.33. The molecule has 0 aromatic heterocycles. The fourth-order valence-electron chi connectivity index (χ4n) is 1.64. The van der Waals surface area contributed by atoms with E-state index in [2.05, 4.69) is 10.1 Å². The molecule has 120 valence electrons. The Morgan fingerprint density at radius 2 is 1.82 bits per heavy atom. The highest BCUT2D eigenvalue weighted by molar-refractivity contribution is 7.99. The topological polar surface area (TPSA) is 81.7 Å². The van der Waals surface area contributed by atoms with Crippen LogP contribution in [0.2, 0.25) is 0 Å². The van der Waals surface area contributed by atoms with Crippen molar-refractivity contribution in [2.75, 3.05) is 25.7 Å². The zero-order chi connectivity index (χ0) is 16.4. The molecule has 1 amide bonds. The summed E-state index contributed by atoms with van der Waals surface area (Å²) in [6.07, 6.45) is 0.368. The third kappa shape index (κ3) is 6.17. The molecule has 0 aliphatic heterocycles. The number of carbonyl (C=O) groups excluding carboxylic acids is 3. The lowest BCUT2D eigenvalue weighted by molar-refractivity contribution is -0.143. The van der Waals surface area contributed by atoms with Gasteiger partial charge >= 0.3 is 11.9 Å². The third-order valence-corrected chi connectivity index (χ3v) is 3.79. The highest BCUT2D eigenvalue weighted by atomic mass is 32.2. The van der Waals surface area contributed by atoms with Gasteiger partial charge in [0.15, 0.2) is 0 Å². The summed E-state index contributed by atoms with van der Waals surface area (Å²) in [7, 11) is 2.59. The number of hydrogen-bond donors (Lipinski definition) is 1. The van der Waals surface area contributed by atoms with Gasteiger partial charge in [-0.05, 0) is 24.3 Å². The van der Waals surface area contributed by atoms with Crippen molar-refractivity contribution in [1.82, 2.24) is 5.32 Å². The minimum atomic E-state index is -0.747. The Morgan fingerprint density at radius 1 is 1.14 bits per heavy atom. The molecular formula is C15H19NO5S. The Kier molecular flexibility index (Phi) is 8.06. The van der Waals surface area contributed by atoms with Crippen LogP contribution in [0.5, 0.6) is 0 Å². The Labute approximate surface area is 133 Å². The molecule has 1 atom stereocenters. The second kappa shape index (κ2) is 9.83. The minimum absolute atomic E-state index is 0.205. The Balaban J connectivity index is 2.52. The third-order valence-electron chi connectivity index (χ3n) is 2.83. The average Bonchev–Trinajstić information content (AvgIpc) is 2.57. The largest absolute Gasteiger partial charge is 0.468 e. The Bertz CT molecular complexity index is 506. The number of ether oxygens (including phenoxy) is 2. The quantitative estimate of drug-likeness (QED) is 0.572. The predicted octanol–water partition coefficient (Wildman–Crippen LogP) is 1.25. The highest BCUT2D eigenvalue weighted by Gasteiger charge is 2.21. The SMILES string of the molecule is COC(=O)CSCCC(NC(=O)c1ccccc1)C(=O)OC. The van der Waals surface area contributed by atoms with E-state index in [1.54, 1.807) is 30.3 Å². The van der Waals surface area contributed by atoms with Gasteiger partial charge in [0.05, 0.1) is 20.0 Å².